The van der Waals surface area contributed by atoms with E-state index in [0.717, 1.165) is 9.79 Å². The quantitative estimate of drug-likeness (QED) is 0.742. The average molecular weight is 280 g/mol. The van der Waals surface area contributed by atoms with Gasteiger partial charge in [0.2, 0.25) is 0 Å². The Morgan fingerprint density at radius 3 is 1.72 bits per heavy atom. The van der Waals surface area contributed by atoms with Gasteiger partial charge in [0.15, 0.2) is 11.5 Å². The fourth-order valence-electron chi connectivity index (χ4n) is 1.56. The van der Waals surface area contributed by atoms with E-state index in [0.29, 0.717) is 0 Å². The maximum Gasteiger partial charge on any atom is 0.501 e. The molecule has 0 fully saturated rings. The van der Waals surface area contributed by atoms with Crippen LogP contribution >= 0.6 is 11.8 Å². The van der Waals surface area contributed by atoms with Crippen LogP contribution in [0.5, 0.6) is 11.5 Å². The fourth-order valence-corrected chi connectivity index (χ4v) is 3.38. The van der Waals surface area contributed by atoms with Crippen LogP contribution in [0.2, 0.25) is 0 Å². The van der Waals surface area contributed by atoms with Crippen LogP contribution in [-0.2, 0) is 10.4 Å². The molecule has 0 atom stereocenters. The smallest absolute Gasteiger partial charge is 0.352 e. The van der Waals surface area contributed by atoms with E-state index in [2.05, 4.69) is 0 Å². The first-order chi connectivity index (χ1) is 8.64. The molecule has 0 aliphatic carbocycles. The number of para-hydroxylation sites is 2. The van der Waals surface area contributed by atoms with E-state index < -0.39 is 10.4 Å². The highest BCUT2D eigenvalue weighted by Gasteiger charge is 2.23. The molecule has 2 aromatic rings. The lowest BCUT2D eigenvalue weighted by Gasteiger charge is -2.16. The van der Waals surface area contributed by atoms with Crippen molar-refractivity contribution in [2.75, 3.05) is 0 Å². The van der Waals surface area contributed by atoms with Gasteiger partial charge in [0.25, 0.3) is 0 Å². The first-order valence-corrected chi connectivity index (χ1v) is 7.29. The van der Waals surface area contributed by atoms with Crippen LogP contribution in [0.4, 0.5) is 0 Å². The Balaban J connectivity index is 2.20. The van der Waals surface area contributed by atoms with E-state index in [1.165, 1.54) is 11.8 Å². The lowest BCUT2D eigenvalue weighted by molar-refractivity contribution is 0.384. The Morgan fingerprint density at radius 1 is 0.778 bits per heavy atom. The lowest BCUT2D eigenvalue weighted by Crippen LogP contribution is -2.18. The second-order valence-electron chi connectivity index (χ2n) is 3.57. The Kier molecular flexibility index (Phi) is 2.68. The van der Waals surface area contributed by atoms with Crippen molar-refractivity contribution in [1.29, 1.82) is 0 Å². The number of hydrogen-bond donors (Lipinski definition) is 0. The number of hydrogen-bond acceptors (Lipinski definition) is 5. The molecule has 0 N–H and O–H groups in total. The zero-order valence-corrected chi connectivity index (χ0v) is 10.7. The van der Waals surface area contributed by atoms with Gasteiger partial charge in [0, 0.05) is 0 Å². The van der Waals surface area contributed by atoms with Crippen molar-refractivity contribution in [1.82, 2.24) is 0 Å². The van der Waals surface area contributed by atoms with E-state index in [-0.39, 0.29) is 11.5 Å². The topological polar surface area (TPSA) is 52.6 Å². The highest BCUT2D eigenvalue weighted by Crippen LogP contribution is 2.42. The van der Waals surface area contributed by atoms with Crippen LogP contribution in [0.3, 0.4) is 0 Å². The summed E-state index contributed by atoms with van der Waals surface area (Å²) in [7, 11) is -4.08. The number of fused-ring (bicyclic) bond motifs is 2. The summed E-state index contributed by atoms with van der Waals surface area (Å²) in [6.45, 7) is 0. The van der Waals surface area contributed by atoms with Gasteiger partial charge in [-0.15, -0.1) is 8.42 Å². The van der Waals surface area contributed by atoms with Crippen LogP contribution in [0, 0.1) is 0 Å². The van der Waals surface area contributed by atoms with Gasteiger partial charge in [-0.25, -0.2) is 0 Å². The minimum absolute atomic E-state index is 0.275. The van der Waals surface area contributed by atoms with Gasteiger partial charge in [-0.05, 0) is 24.3 Å². The van der Waals surface area contributed by atoms with Crippen molar-refractivity contribution in [2.24, 2.45) is 0 Å². The van der Waals surface area contributed by atoms with Gasteiger partial charge >= 0.3 is 10.4 Å². The predicted molar refractivity (Wildman–Crippen MR) is 67.2 cm³/mol. The Hall–Kier alpha value is -1.66. The minimum Gasteiger partial charge on any atom is -0.352 e. The molecule has 1 aliphatic heterocycles. The molecule has 0 unspecified atom stereocenters. The minimum atomic E-state index is -4.08. The Bertz CT molecular complexity index is 641. The van der Waals surface area contributed by atoms with Gasteiger partial charge < -0.3 is 8.37 Å². The Labute approximate surface area is 109 Å². The SMILES string of the molecule is O=S1(=O)Oc2ccccc2Sc2ccccc2O1. The molecule has 92 valence electrons. The van der Waals surface area contributed by atoms with Crippen LogP contribution < -0.4 is 8.37 Å². The molecule has 1 aliphatic rings. The summed E-state index contributed by atoms with van der Waals surface area (Å²) >= 11 is 1.40. The average Bonchev–Trinajstić information content (AvgIpc) is 2.31. The molecule has 0 aromatic heterocycles. The van der Waals surface area contributed by atoms with Gasteiger partial charge in [0.1, 0.15) is 0 Å². The van der Waals surface area contributed by atoms with E-state index >= 15 is 0 Å². The Morgan fingerprint density at radius 2 is 1.22 bits per heavy atom. The molecule has 2 aromatic carbocycles. The highest BCUT2D eigenvalue weighted by molar-refractivity contribution is 7.99. The van der Waals surface area contributed by atoms with Crippen LogP contribution in [-0.4, -0.2) is 8.42 Å². The molecule has 0 saturated heterocycles. The molecule has 0 spiro atoms. The largest absolute Gasteiger partial charge is 0.501 e. The van der Waals surface area contributed by atoms with Gasteiger partial charge in [-0.2, -0.15) is 0 Å². The van der Waals surface area contributed by atoms with Crippen molar-refractivity contribution >= 4 is 22.2 Å². The van der Waals surface area contributed by atoms with Crippen LogP contribution in [0.15, 0.2) is 58.3 Å². The third-order valence-corrected chi connectivity index (χ3v) is 4.18. The van der Waals surface area contributed by atoms with Crippen LogP contribution in [0.25, 0.3) is 0 Å². The molecule has 1 heterocycles. The van der Waals surface area contributed by atoms with Crippen molar-refractivity contribution in [3.8, 4) is 11.5 Å². The maximum absolute atomic E-state index is 11.7. The van der Waals surface area contributed by atoms with Crippen LogP contribution in [0.1, 0.15) is 0 Å². The molecule has 0 bridgehead atoms. The van der Waals surface area contributed by atoms with Gasteiger partial charge in [-0.1, -0.05) is 36.0 Å². The normalized spacial score (nSPS) is 16.2. The molecule has 18 heavy (non-hydrogen) atoms. The molecule has 0 radical (unpaired) electrons. The number of benzene rings is 2. The monoisotopic (exact) mass is 280 g/mol. The third-order valence-electron chi connectivity index (χ3n) is 2.30. The second-order valence-corrected chi connectivity index (χ2v) is 5.80. The van der Waals surface area contributed by atoms with E-state index in [9.17, 15) is 8.42 Å². The maximum atomic E-state index is 11.7. The van der Waals surface area contributed by atoms with Crippen molar-refractivity contribution in [3.05, 3.63) is 48.5 Å². The third kappa shape index (κ3) is 2.16. The van der Waals surface area contributed by atoms with Crippen molar-refractivity contribution in [2.45, 2.75) is 9.79 Å². The van der Waals surface area contributed by atoms with Crippen molar-refractivity contribution in [3.63, 3.8) is 0 Å². The first kappa shape index (κ1) is 11.4. The molecule has 0 saturated carbocycles. The lowest BCUT2D eigenvalue weighted by atomic mass is 10.3. The standard InChI is InChI=1S/C12H8O4S2/c13-18(14)15-9-5-1-3-7-11(9)17-12-8-4-2-6-10(12)16-18/h1-8H. The summed E-state index contributed by atoms with van der Waals surface area (Å²) in [4.78, 5) is 1.47. The summed E-state index contributed by atoms with van der Waals surface area (Å²) in [5, 5.41) is 0. The highest BCUT2D eigenvalue weighted by atomic mass is 32.3. The fraction of sp³-hybridized carbons (Fsp3) is 0. The second kappa shape index (κ2) is 4.22. The predicted octanol–water partition coefficient (Wildman–Crippen LogP) is 2.85. The van der Waals surface area contributed by atoms with E-state index in [1.807, 2.05) is 12.1 Å². The van der Waals surface area contributed by atoms with Gasteiger partial charge in [0.05, 0.1) is 9.79 Å². The van der Waals surface area contributed by atoms with E-state index in [1.54, 1.807) is 36.4 Å². The van der Waals surface area contributed by atoms with E-state index in [4.69, 9.17) is 8.37 Å². The summed E-state index contributed by atoms with van der Waals surface area (Å²) in [6.07, 6.45) is 0. The molecular weight excluding hydrogens is 272 g/mol. The number of rotatable bonds is 0. The molecule has 6 heteroatoms. The first-order valence-electron chi connectivity index (χ1n) is 5.14. The summed E-state index contributed by atoms with van der Waals surface area (Å²) < 4.78 is 33.2. The molecule has 4 nitrogen and oxygen atoms in total. The molecule has 3 rings (SSSR count). The zero-order valence-electron chi connectivity index (χ0n) is 9.07. The molecule has 0 amide bonds. The molecular formula is C12H8O4S2. The summed E-state index contributed by atoms with van der Waals surface area (Å²) in [6, 6.07) is 13.9. The summed E-state index contributed by atoms with van der Waals surface area (Å²) in [5.41, 5.74) is 0. The zero-order chi connectivity index (χ0) is 12.6. The summed E-state index contributed by atoms with van der Waals surface area (Å²) in [5.74, 6) is 0.550. The van der Waals surface area contributed by atoms with Crippen molar-refractivity contribution < 1.29 is 16.8 Å². The van der Waals surface area contributed by atoms with Gasteiger partial charge in [-0.3, -0.25) is 0 Å².